The van der Waals surface area contributed by atoms with Gasteiger partial charge < -0.3 is 14.7 Å². The Balaban J connectivity index is 0.000000318. The number of ether oxygens (including phenoxy) is 1. The zero-order valence-electron chi connectivity index (χ0n) is 16.9. The van der Waals surface area contributed by atoms with E-state index in [0.29, 0.717) is 6.61 Å². The van der Waals surface area contributed by atoms with Gasteiger partial charge in [0.2, 0.25) is 0 Å². The van der Waals surface area contributed by atoms with Crippen LogP contribution in [-0.2, 0) is 21.6 Å². The van der Waals surface area contributed by atoms with Crippen molar-refractivity contribution < 1.29 is 27.8 Å². The van der Waals surface area contributed by atoms with Gasteiger partial charge in [-0.05, 0) is 26.4 Å². The summed E-state index contributed by atoms with van der Waals surface area (Å²) >= 11 is 0. The summed E-state index contributed by atoms with van der Waals surface area (Å²) in [4.78, 5) is 21.2. The number of likely N-dealkylation sites (N-methyl/N-ethyl adjacent to an activating group) is 1. The van der Waals surface area contributed by atoms with Crippen LogP contribution in [0, 0.1) is 6.92 Å². The molecule has 1 N–H and O–H groups in total. The molecule has 2 aliphatic rings. The molecule has 1 aromatic carbocycles. The van der Waals surface area contributed by atoms with Gasteiger partial charge in [-0.15, -0.1) is 0 Å². The van der Waals surface area contributed by atoms with Crippen LogP contribution in [-0.4, -0.2) is 58.4 Å². The summed E-state index contributed by atoms with van der Waals surface area (Å²) in [5.74, 6) is -1.91. The predicted molar refractivity (Wildman–Crippen MR) is 104 cm³/mol. The van der Waals surface area contributed by atoms with Crippen LogP contribution < -0.4 is 0 Å². The van der Waals surface area contributed by atoms with Crippen molar-refractivity contribution in [2.45, 2.75) is 38.5 Å². The molecule has 9 heteroatoms. The maximum absolute atomic E-state index is 10.6. The molecule has 1 saturated heterocycles. The number of benzene rings is 1. The van der Waals surface area contributed by atoms with E-state index >= 15 is 0 Å². The zero-order valence-corrected chi connectivity index (χ0v) is 16.9. The number of halogens is 3. The Kier molecular flexibility index (Phi) is 6.42. The lowest BCUT2D eigenvalue weighted by molar-refractivity contribution is -0.192. The molecule has 1 unspecified atom stereocenters. The van der Waals surface area contributed by atoms with Crippen LogP contribution in [0.15, 0.2) is 30.3 Å². The number of carboxylic acid groups (broad SMARTS) is 1. The third-order valence-corrected chi connectivity index (χ3v) is 5.50. The molecule has 2 aliphatic heterocycles. The fourth-order valence-electron chi connectivity index (χ4n) is 3.88. The highest BCUT2D eigenvalue weighted by atomic mass is 19.4. The Morgan fingerprint density at radius 1 is 1.27 bits per heavy atom. The van der Waals surface area contributed by atoms with Gasteiger partial charge in [0.05, 0.1) is 24.3 Å². The van der Waals surface area contributed by atoms with Crippen molar-refractivity contribution >= 4 is 5.97 Å². The monoisotopic (exact) mass is 423 g/mol. The minimum atomic E-state index is -5.08. The number of hydrogen-bond donors (Lipinski definition) is 1. The van der Waals surface area contributed by atoms with Gasteiger partial charge in [0, 0.05) is 23.4 Å². The Bertz CT molecular complexity index is 906. The standard InChI is InChI=1S/C19H23N3O.C2HF3O2/c1-3-22-10-9-19(12-22)13-23-11-16-14(2)20-18(21-17(16)19)15-7-5-4-6-8-15;3-2(4,5)1(6)7/h4-8H,3,9-13H2,1-2H3;(H,6,7). The maximum Gasteiger partial charge on any atom is 0.490 e. The number of hydrogen-bond acceptors (Lipinski definition) is 5. The van der Waals surface area contributed by atoms with Crippen LogP contribution in [0.25, 0.3) is 11.4 Å². The van der Waals surface area contributed by atoms with E-state index in [9.17, 15) is 13.2 Å². The molecule has 162 valence electrons. The third-order valence-electron chi connectivity index (χ3n) is 5.50. The number of carbonyl (C=O) groups is 1. The van der Waals surface area contributed by atoms with Crippen molar-refractivity contribution in [2.24, 2.45) is 0 Å². The fourth-order valence-corrected chi connectivity index (χ4v) is 3.88. The molecular formula is C21H24F3N3O3. The number of aromatic nitrogens is 2. The molecule has 6 nitrogen and oxygen atoms in total. The van der Waals surface area contributed by atoms with E-state index in [1.807, 2.05) is 18.2 Å². The first-order valence-electron chi connectivity index (χ1n) is 9.70. The van der Waals surface area contributed by atoms with E-state index in [2.05, 4.69) is 30.9 Å². The molecule has 1 fully saturated rings. The molecule has 1 spiro atoms. The van der Waals surface area contributed by atoms with Crippen LogP contribution >= 0.6 is 0 Å². The van der Waals surface area contributed by atoms with Gasteiger partial charge in [-0.3, -0.25) is 0 Å². The first-order chi connectivity index (χ1) is 14.2. The Morgan fingerprint density at radius 2 is 1.93 bits per heavy atom. The Morgan fingerprint density at radius 3 is 2.50 bits per heavy atom. The van der Waals surface area contributed by atoms with Crippen molar-refractivity contribution in [1.29, 1.82) is 0 Å². The summed E-state index contributed by atoms with van der Waals surface area (Å²) in [5.41, 5.74) is 4.62. The van der Waals surface area contributed by atoms with Crippen LogP contribution in [0.3, 0.4) is 0 Å². The molecule has 0 aliphatic carbocycles. The largest absolute Gasteiger partial charge is 0.490 e. The number of carboxylic acids is 1. The number of aryl methyl sites for hydroxylation is 1. The van der Waals surface area contributed by atoms with E-state index in [1.165, 1.54) is 11.3 Å². The number of fused-ring (bicyclic) bond motifs is 2. The van der Waals surface area contributed by atoms with Gasteiger partial charge in [-0.25, -0.2) is 14.8 Å². The molecule has 2 aromatic rings. The quantitative estimate of drug-likeness (QED) is 0.796. The van der Waals surface area contributed by atoms with E-state index in [-0.39, 0.29) is 5.41 Å². The van der Waals surface area contributed by atoms with Crippen LogP contribution in [0.1, 0.15) is 30.3 Å². The lowest BCUT2D eigenvalue weighted by Crippen LogP contribution is -2.41. The van der Waals surface area contributed by atoms with Gasteiger partial charge in [-0.1, -0.05) is 37.3 Å². The van der Waals surface area contributed by atoms with Crippen molar-refractivity contribution in [2.75, 3.05) is 26.2 Å². The van der Waals surface area contributed by atoms with Crippen molar-refractivity contribution in [3.8, 4) is 11.4 Å². The molecular weight excluding hydrogens is 399 g/mol. The lowest BCUT2D eigenvalue weighted by atomic mass is 9.80. The number of rotatable bonds is 2. The van der Waals surface area contributed by atoms with E-state index < -0.39 is 12.1 Å². The van der Waals surface area contributed by atoms with E-state index in [0.717, 1.165) is 49.7 Å². The highest BCUT2D eigenvalue weighted by Gasteiger charge is 2.45. The normalized spacial score (nSPS) is 21.1. The molecule has 4 rings (SSSR count). The molecule has 30 heavy (non-hydrogen) atoms. The highest BCUT2D eigenvalue weighted by molar-refractivity contribution is 5.73. The Labute approximate surface area is 172 Å². The minimum absolute atomic E-state index is 0.0425. The summed E-state index contributed by atoms with van der Waals surface area (Å²) in [7, 11) is 0. The Hall–Kier alpha value is -2.52. The van der Waals surface area contributed by atoms with Gasteiger partial charge in [0.25, 0.3) is 0 Å². The lowest BCUT2D eigenvalue weighted by Gasteiger charge is -2.35. The van der Waals surface area contributed by atoms with Crippen molar-refractivity contribution in [1.82, 2.24) is 14.9 Å². The van der Waals surface area contributed by atoms with Crippen molar-refractivity contribution in [3.05, 3.63) is 47.3 Å². The molecule has 0 amide bonds. The van der Waals surface area contributed by atoms with Crippen molar-refractivity contribution in [3.63, 3.8) is 0 Å². The second kappa shape index (κ2) is 8.69. The van der Waals surface area contributed by atoms with Crippen LogP contribution in [0.4, 0.5) is 13.2 Å². The smallest absolute Gasteiger partial charge is 0.475 e. The van der Waals surface area contributed by atoms with E-state index in [4.69, 9.17) is 24.6 Å². The molecule has 0 saturated carbocycles. The second-order valence-corrected chi connectivity index (χ2v) is 7.52. The first kappa shape index (κ1) is 22.2. The second-order valence-electron chi connectivity index (χ2n) is 7.52. The highest BCUT2D eigenvalue weighted by Crippen LogP contribution is 2.40. The van der Waals surface area contributed by atoms with E-state index in [1.54, 1.807) is 0 Å². The number of likely N-dealkylation sites (tertiary alicyclic amines) is 1. The molecule has 3 heterocycles. The van der Waals surface area contributed by atoms with Gasteiger partial charge in [-0.2, -0.15) is 13.2 Å². The third kappa shape index (κ3) is 4.62. The number of alkyl halides is 3. The average Bonchev–Trinajstić information content (AvgIpc) is 3.13. The predicted octanol–water partition coefficient (Wildman–Crippen LogP) is 3.58. The average molecular weight is 423 g/mol. The molecule has 1 aromatic heterocycles. The van der Waals surface area contributed by atoms with Gasteiger partial charge in [0.1, 0.15) is 0 Å². The summed E-state index contributed by atoms with van der Waals surface area (Å²) in [6.45, 7) is 8.99. The van der Waals surface area contributed by atoms with Crippen LogP contribution in [0.2, 0.25) is 0 Å². The minimum Gasteiger partial charge on any atom is -0.475 e. The summed E-state index contributed by atoms with van der Waals surface area (Å²) in [5, 5.41) is 7.12. The summed E-state index contributed by atoms with van der Waals surface area (Å²) in [6, 6.07) is 10.3. The zero-order chi connectivity index (χ0) is 21.9. The van der Waals surface area contributed by atoms with Gasteiger partial charge in [0.15, 0.2) is 5.82 Å². The number of nitrogens with zero attached hydrogens (tertiary/aromatic N) is 3. The SMILES string of the molecule is CCN1CCC2(COCc3c(C)nc(-c4ccccc4)nc32)C1.O=C(O)C(F)(F)F. The van der Waals surface area contributed by atoms with Crippen LogP contribution in [0.5, 0.6) is 0 Å². The maximum atomic E-state index is 10.6. The topological polar surface area (TPSA) is 75.5 Å². The number of aliphatic carboxylic acids is 1. The summed E-state index contributed by atoms with van der Waals surface area (Å²) < 4.78 is 37.7. The van der Waals surface area contributed by atoms with Gasteiger partial charge >= 0.3 is 12.1 Å². The summed E-state index contributed by atoms with van der Waals surface area (Å²) in [6.07, 6.45) is -3.96. The molecule has 0 bridgehead atoms. The first-order valence-corrected chi connectivity index (χ1v) is 9.70. The molecule has 0 radical (unpaired) electrons. The fraction of sp³-hybridized carbons (Fsp3) is 0.476. The molecule has 1 atom stereocenters.